The van der Waals surface area contributed by atoms with Crippen LogP contribution in [0.25, 0.3) is 0 Å². The molecule has 0 aliphatic heterocycles. The van der Waals surface area contributed by atoms with E-state index in [4.69, 9.17) is 0 Å². The fraction of sp³-hybridized carbons (Fsp3) is 0.286. The van der Waals surface area contributed by atoms with E-state index in [1.807, 2.05) is 30.6 Å². The Bertz CT molecular complexity index is 470. The maximum Gasteiger partial charge on any atom is 0.0594 e. The molecule has 0 fully saturated rings. The second-order valence-corrected chi connectivity index (χ2v) is 4.06. The van der Waals surface area contributed by atoms with Crippen molar-refractivity contribution < 1.29 is 0 Å². The minimum atomic E-state index is 0.708. The van der Waals surface area contributed by atoms with Crippen molar-refractivity contribution in [1.82, 2.24) is 9.97 Å². The molecule has 94 valence electrons. The number of nitrogens with one attached hydrogen (secondary N) is 2. The first-order valence-electron chi connectivity index (χ1n) is 6.21. The van der Waals surface area contributed by atoms with Gasteiger partial charge in [-0.15, -0.1) is 0 Å². The predicted molar refractivity (Wildman–Crippen MR) is 74.6 cm³/mol. The summed E-state index contributed by atoms with van der Waals surface area (Å²) in [6.07, 6.45) is 6.56. The Morgan fingerprint density at radius 3 is 2.67 bits per heavy atom. The number of aromatic nitrogens is 2. The molecule has 0 spiro atoms. The smallest absolute Gasteiger partial charge is 0.0594 e. The van der Waals surface area contributed by atoms with Crippen molar-refractivity contribution in [3.63, 3.8) is 0 Å². The summed E-state index contributed by atoms with van der Waals surface area (Å²) in [5.41, 5.74) is 3.06. The van der Waals surface area contributed by atoms with Crippen molar-refractivity contribution in [3.05, 3.63) is 48.5 Å². The average molecular weight is 242 g/mol. The van der Waals surface area contributed by atoms with Gasteiger partial charge in [0.05, 0.1) is 36.0 Å². The fourth-order valence-electron chi connectivity index (χ4n) is 1.60. The third-order valence-corrected chi connectivity index (χ3v) is 2.52. The third-order valence-electron chi connectivity index (χ3n) is 2.52. The van der Waals surface area contributed by atoms with E-state index in [2.05, 4.69) is 33.6 Å². The Kier molecular flexibility index (Phi) is 4.53. The molecule has 0 aliphatic rings. The molecule has 0 aliphatic carbocycles. The molecule has 2 heterocycles. The molecule has 0 aromatic carbocycles. The van der Waals surface area contributed by atoms with E-state index in [-0.39, 0.29) is 0 Å². The van der Waals surface area contributed by atoms with Crippen molar-refractivity contribution in [1.29, 1.82) is 0 Å². The zero-order valence-electron chi connectivity index (χ0n) is 10.6. The third kappa shape index (κ3) is 3.73. The van der Waals surface area contributed by atoms with Crippen LogP contribution in [0.15, 0.2) is 42.9 Å². The van der Waals surface area contributed by atoms with Crippen LogP contribution in [0.4, 0.5) is 11.4 Å². The number of rotatable bonds is 6. The first-order valence-corrected chi connectivity index (χ1v) is 6.21. The van der Waals surface area contributed by atoms with Gasteiger partial charge in [0.15, 0.2) is 0 Å². The molecule has 18 heavy (non-hydrogen) atoms. The van der Waals surface area contributed by atoms with Crippen LogP contribution in [0.2, 0.25) is 0 Å². The summed E-state index contributed by atoms with van der Waals surface area (Å²) >= 11 is 0. The quantitative estimate of drug-likeness (QED) is 0.817. The van der Waals surface area contributed by atoms with Gasteiger partial charge in [0.25, 0.3) is 0 Å². The number of nitrogens with zero attached hydrogens (tertiary/aromatic N) is 2. The summed E-state index contributed by atoms with van der Waals surface area (Å²) in [5.74, 6) is 0. The molecule has 0 saturated heterocycles. The van der Waals surface area contributed by atoms with Crippen molar-refractivity contribution in [2.45, 2.75) is 19.9 Å². The summed E-state index contributed by atoms with van der Waals surface area (Å²) in [7, 11) is 0. The average Bonchev–Trinajstić information content (AvgIpc) is 2.44. The molecule has 2 rings (SSSR count). The van der Waals surface area contributed by atoms with Gasteiger partial charge in [0, 0.05) is 12.7 Å². The Labute approximate surface area is 107 Å². The van der Waals surface area contributed by atoms with Crippen molar-refractivity contribution in [3.8, 4) is 0 Å². The molecular formula is C14H18N4. The topological polar surface area (TPSA) is 49.8 Å². The molecule has 0 radical (unpaired) electrons. The summed E-state index contributed by atoms with van der Waals surface area (Å²) < 4.78 is 0. The first kappa shape index (κ1) is 12.4. The number of pyridine rings is 2. The van der Waals surface area contributed by atoms with Gasteiger partial charge in [-0.1, -0.05) is 13.0 Å². The van der Waals surface area contributed by atoms with Gasteiger partial charge in [-0.3, -0.25) is 9.97 Å². The van der Waals surface area contributed by atoms with Crippen LogP contribution >= 0.6 is 0 Å². The number of hydrogen-bond donors (Lipinski definition) is 2. The Balaban J connectivity index is 1.93. The standard InChI is InChI=1S/C14H18N4/c1-2-6-16-13-8-14(10-15-9-13)18-11-12-5-3-4-7-17-12/h3-5,7-10,16,18H,2,6,11H2,1H3. The molecular weight excluding hydrogens is 224 g/mol. The maximum absolute atomic E-state index is 4.27. The van der Waals surface area contributed by atoms with E-state index in [0.29, 0.717) is 6.54 Å². The zero-order valence-corrected chi connectivity index (χ0v) is 10.6. The second kappa shape index (κ2) is 6.59. The molecule has 0 atom stereocenters. The minimum Gasteiger partial charge on any atom is -0.384 e. The maximum atomic E-state index is 4.27. The SMILES string of the molecule is CCCNc1cncc(NCc2ccccn2)c1. The molecule has 0 unspecified atom stereocenters. The van der Waals surface area contributed by atoms with Crippen LogP contribution in [-0.2, 0) is 6.54 Å². The number of hydrogen-bond acceptors (Lipinski definition) is 4. The summed E-state index contributed by atoms with van der Waals surface area (Å²) in [6.45, 7) is 3.81. The normalized spacial score (nSPS) is 10.1. The van der Waals surface area contributed by atoms with E-state index in [1.54, 1.807) is 6.20 Å². The highest BCUT2D eigenvalue weighted by Gasteiger charge is 1.97. The highest BCUT2D eigenvalue weighted by Crippen LogP contribution is 2.13. The minimum absolute atomic E-state index is 0.708. The van der Waals surface area contributed by atoms with Crippen LogP contribution in [0, 0.1) is 0 Å². The van der Waals surface area contributed by atoms with E-state index < -0.39 is 0 Å². The molecule has 2 aromatic heterocycles. The van der Waals surface area contributed by atoms with Gasteiger partial charge < -0.3 is 10.6 Å². The molecule has 0 saturated carbocycles. The molecule has 2 aromatic rings. The van der Waals surface area contributed by atoms with Gasteiger partial charge in [0.2, 0.25) is 0 Å². The molecule has 4 nitrogen and oxygen atoms in total. The lowest BCUT2D eigenvalue weighted by molar-refractivity contribution is 0.976. The van der Waals surface area contributed by atoms with Gasteiger partial charge in [-0.05, 0) is 24.6 Å². The Morgan fingerprint density at radius 1 is 1.11 bits per heavy atom. The van der Waals surface area contributed by atoms with Crippen LogP contribution in [0.3, 0.4) is 0 Å². The lowest BCUT2D eigenvalue weighted by atomic mass is 10.3. The van der Waals surface area contributed by atoms with E-state index in [0.717, 1.165) is 30.0 Å². The molecule has 0 bridgehead atoms. The lowest BCUT2D eigenvalue weighted by Gasteiger charge is -2.08. The van der Waals surface area contributed by atoms with Gasteiger partial charge in [0.1, 0.15) is 0 Å². The highest BCUT2D eigenvalue weighted by molar-refractivity contribution is 5.53. The predicted octanol–water partition coefficient (Wildman–Crippen LogP) is 2.91. The second-order valence-electron chi connectivity index (χ2n) is 4.06. The first-order chi connectivity index (χ1) is 8.88. The molecule has 0 amide bonds. The zero-order chi connectivity index (χ0) is 12.6. The fourth-order valence-corrected chi connectivity index (χ4v) is 1.60. The van der Waals surface area contributed by atoms with Crippen molar-refractivity contribution in [2.75, 3.05) is 17.2 Å². The summed E-state index contributed by atoms with van der Waals surface area (Å²) in [6, 6.07) is 7.97. The lowest BCUT2D eigenvalue weighted by Crippen LogP contribution is -2.04. The molecule has 4 heteroatoms. The van der Waals surface area contributed by atoms with Crippen LogP contribution in [-0.4, -0.2) is 16.5 Å². The number of anilines is 2. The van der Waals surface area contributed by atoms with E-state index >= 15 is 0 Å². The van der Waals surface area contributed by atoms with Gasteiger partial charge in [-0.2, -0.15) is 0 Å². The van der Waals surface area contributed by atoms with Crippen LogP contribution < -0.4 is 10.6 Å². The van der Waals surface area contributed by atoms with Crippen molar-refractivity contribution >= 4 is 11.4 Å². The summed E-state index contributed by atoms with van der Waals surface area (Å²) in [5, 5.41) is 6.63. The highest BCUT2D eigenvalue weighted by atomic mass is 14.9. The monoisotopic (exact) mass is 242 g/mol. The van der Waals surface area contributed by atoms with E-state index in [1.165, 1.54) is 0 Å². The van der Waals surface area contributed by atoms with Crippen molar-refractivity contribution in [2.24, 2.45) is 0 Å². The summed E-state index contributed by atoms with van der Waals surface area (Å²) in [4.78, 5) is 8.47. The van der Waals surface area contributed by atoms with Gasteiger partial charge >= 0.3 is 0 Å². The molecule has 2 N–H and O–H groups in total. The van der Waals surface area contributed by atoms with E-state index in [9.17, 15) is 0 Å². The Hall–Kier alpha value is -2.10. The van der Waals surface area contributed by atoms with Crippen LogP contribution in [0.1, 0.15) is 19.0 Å². The van der Waals surface area contributed by atoms with Crippen LogP contribution in [0.5, 0.6) is 0 Å². The Morgan fingerprint density at radius 2 is 1.94 bits per heavy atom. The largest absolute Gasteiger partial charge is 0.384 e. The van der Waals surface area contributed by atoms with Gasteiger partial charge in [-0.25, -0.2) is 0 Å².